The molecular weight excluding hydrogens is 193 g/mol. The van der Waals surface area contributed by atoms with Gasteiger partial charge in [0, 0.05) is 0 Å². The van der Waals surface area contributed by atoms with Crippen molar-refractivity contribution in [3.63, 3.8) is 0 Å². The van der Waals surface area contributed by atoms with Crippen LogP contribution in [0, 0.1) is 17.5 Å². The zero-order chi connectivity index (χ0) is 10.9. The molecule has 0 aliphatic heterocycles. The molecular formula is C10H11F3O. The molecule has 0 N–H and O–H groups in total. The summed E-state index contributed by atoms with van der Waals surface area (Å²) in [7, 11) is 1.10. The van der Waals surface area contributed by atoms with Crippen LogP contribution in [-0.4, -0.2) is 7.11 Å². The third kappa shape index (κ3) is 1.69. The molecule has 0 unspecified atom stereocenters. The summed E-state index contributed by atoms with van der Waals surface area (Å²) in [5, 5.41) is 0. The summed E-state index contributed by atoms with van der Waals surface area (Å²) in [5.74, 6) is -4.09. The van der Waals surface area contributed by atoms with Gasteiger partial charge in [-0.1, -0.05) is 13.8 Å². The lowest BCUT2D eigenvalue weighted by Crippen LogP contribution is -2.02. The van der Waals surface area contributed by atoms with Crippen molar-refractivity contribution in [2.45, 2.75) is 19.8 Å². The van der Waals surface area contributed by atoms with Gasteiger partial charge in [0.2, 0.25) is 5.82 Å². The van der Waals surface area contributed by atoms with E-state index < -0.39 is 23.2 Å². The van der Waals surface area contributed by atoms with Crippen molar-refractivity contribution in [3.8, 4) is 5.75 Å². The first-order valence-electron chi connectivity index (χ1n) is 4.20. The van der Waals surface area contributed by atoms with Gasteiger partial charge in [0.1, 0.15) is 0 Å². The second-order valence-electron chi connectivity index (χ2n) is 3.26. The van der Waals surface area contributed by atoms with E-state index in [1.165, 1.54) is 0 Å². The van der Waals surface area contributed by atoms with Crippen molar-refractivity contribution < 1.29 is 17.9 Å². The molecule has 0 heterocycles. The average Bonchev–Trinajstić information content (AvgIpc) is 2.12. The quantitative estimate of drug-likeness (QED) is 0.672. The molecule has 1 aromatic rings. The van der Waals surface area contributed by atoms with Crippen molar-refractivity contribution in [1.29, 1.82) is 0 Å². The number of hydrogen-bond donors (Lipinski definition) is 0. The van der Waals surface area contributed by atoms with Crippen LogP contribution in [0.3, 0.4) is 0 Å². The largest absolute Gasteiger partial charge is 0.491 e. The Balaban J connectivity index is 3.42. The average molecular weight is 204 g/mol. The topological polar surface area (TPSA) is 9.23 Å². The minimum absolute atomic E-state index is 0.112. The second kappa shape index (κ2) is 3.90. The molecule has 1 aromatic carbocycles. The van der Waals surface area contributed by atoms with Gasteiger partial charge in [0.05, 0.1) is 7.11 Å². The summed E-state index contributed by atoms with van der Waals surface area (Å²) < 4.78 is 43.8. The highest BCUT2D eigenvalue weighted by Gasteiger charge is 2.20. The predicted molar refractivity (Wildman–Crippen MR) is 47.0 cm³/mol. The van der Waals surface area contributed by atoms with Gasteiger partial charge in [0.15, 0.2) is 17.4 Å². The first-order chi connectivity index (χ1) is 6.49. The molecule has 4 heteroatoms. The van der Waals surface area contributed by atoms with Gasteiger partial charge >= 0.3 is 0 Å². The van der Waals surface area contributed by atoms with Crippen molar-refractivity contribution in [2.75, 3.05) is 7.11 Å². The molecule has 78 valence electrons. The molecule has 0 saturated heterocycles. The Morgan fingerprint density at radius 3 is 2.14 bits per heavy atom. The normalized spacial score (nSPS) is 10.8. The highest BCUT2D eigenvalue weighted by atomic mass is 19.2. The van der Waals surface area contributed by atoms with Gasteiger partial charge < -0.3 is 4.74 Å². The minimum atomic E-state index is -1.28. The van der Waals surface area contributed by atoms with E-state index >= 15 is 0 Å². The zero-order valence-electron chi connectivity index (χ0n) is 8.20. The fraction of sp³-hybridized carbons (Fsp3) is 0.400. The van der Waals surface area contributed by atoms with Crippen LogP contribution >= 0.6 is 0 Å². The first kappa shape index (κ1) is 10.9. The lowest BCUT2D eigenvalue weighted by atomic mass is 10.0. The molecule has 14 heavy (non-hydrogen) atoms. The smallest absolute Gasteiger partial charge is 0.203 e. The van der Waals surface area contributed by atoms with E-state index in [2.05, 4.69) is 4.74 Å². The van der Waals surface area contributed by atoms with Crippen LogP contribution < -0.4 is 4.74 Å². The van der Waals surface area contributed by atoms with E-state index in [-0.39, 0.29) is 11.5 Å². The van der Waals surface area contributed by atoms with E-state index in [4.69, 9.17) is 0 Å². The molecule has 0 aliphatic carbocycles. The van der Waals surface area contributed by atoms with Crippen molar-refractivity contribution in [1.82, 2.24) is 0 Å². The van der Waals surface area contributed by atoms with Crippen LogP contribution in [0.4, 0.5) is 13.2 Å². The molecule has 0 spiro atoms. The van der Waals surface area contributed by atoms with Crippen LogP contribution in [0.5, 0.6) is 5.75 Å². The Morgan fingerprint density at radius 1 is 1.14 bits per heavy atom. The molecule has 0 saturated carbocycles. The summed E-state index contributed by atoms with van der Waals surface area (Å²) in [6.07, 6.45) is 0. The van der Waals surface area contributed by atoms with Gasteiger partial charge in [-0.15, -0.1) is 0 Å². The van der Waals surface area contributed by atoms with Gasteiger partial charge in [-0.05, 0) is 17.5 Å². The SMILES string of the molecule is COc1c(F)c(F)cc(C(C)C)c1F. The van der Waals surface area contributed by atoms with Crippen LogP contribution in [0.2, 0.25) is 0 Å². The maximum Gasteiger partial charge on any atom is 0.203 e. The van der Waals surface area contributed by atoms with E-state index in [1.807, 2.05) is 0 Å². The Kier molecular flexibility index (Phi) is 3.03. The third-order valence-electron chi connectivity index (χ3n) is 1.97. The van der Waals surface area contributed by atoms with Crippen LogP contribution in [0.15, 0.2) is 6.07 Å². The van der Waals surface area contributed by atoms with E-state index in [0.29, 0.717) is 0 Å². The highest BCUT2D eigenvalue weighted by molar-refractivity contribution is 5.35. The van der Waals surface area contributed by atoms with Gasteiger partial charge in [-0.3, -0.25) is 0 Å². The lowest BCUT2D eigenvalue weighted by Gasteiger charge is -2.11. The van der Waals surface area contributed by atoms with Crippen molar-refractivity contribution >= 4 is 0 Å². The lowest BCUT2D eigenvalue weighted by molar-refractivity contribution is 0.343. The number of hydrogen-bond acceptors (Lipinski definition) is 1. The fourth-order valence-corrected chi connectivity index (χ4v) is 1.20. The summed E-state index contributed by atoms with van der Waals surface area (Å²) in [5.41, 5.74) is 0.112. The maximum absolute atomic E-state index is 13.4. The molecule has 0 atom stereocenters. The summed E-state index contributed by atoms with van der Waals surface area (Å²) in [6, 6.07) is 0.859. The van der Waals surface area contributed by atoms with Gasteiger partial charge in [-0.2, -0.15) is 4.39 Å². The Bertz CT molecular complexity index is 348. The predicted octanol–water partition coefficient (Wildman–Crippen LogP) is 3.24. The second-order valence-corrected chi connectivity index (χ2v) is 3.26. The zero-order valence-corrected chi connectivity index (χ0v) is 8.20. The molecule has 0 fully saturated rings. The van der Waals surface area contributed by atoms with Crippen LogP contribution in [0.25, 0.3) is 0 Å². The number of halogens is 3. The summed E-state index contributed by atoms with van der Waals surface area (Å²) >= 11 is 0. The molecule has 0 aliphatic rings. The Hall–Kier alpha value is -1.19. The molecule has 0 bridgehead atoms. The van der Waals surface area contributed by atoms with Crippen LogP contribution in [0.1, 0.15) is 25.3 Å². The van der Waals surface area contributed by atoms with Gasteiger partial charge in [0.25, 0.3) is 0 Å². The van der Waals surface area contributed by atoms with E-state index in [1.54, 1.807) is 13.8 Å². The van der Waals surface area contributed by atoms with Crippen molar-refractivity contribution in [3.05, 3.63) is 29.1 Å². The molecule has 0 amide bonds. The Labute approximate surface area is 80.5 Å². The number of benzene rings is 1. The highest BCUT2D eigenvalue weighted by Crippen LogP contribution is 2.30. The molecule has 1 nitrogen and oxygen atoms in total. The standard InChI is InChI=1S/C10H11F3O/c1-5(2)6-4-7(11)9(13)10(14-3)8(6)12/h4-5H,1-3H3. The van der Waals surface area contributed by atoms with Crippen molar-refractivity contribution in [2.24, 2.45) is 0 Å². The molecule has 1 rings (SSSR count). The molecule has 0 aromatic heterocycles. The van der Waals surface area contributed by atoms with Crippen LogP contribution in [-0.2, 0) is 0 Å². The van der Waals surface area contributed by atoms with Gasteiger partial charge in [-0.25, -0.2) is 8.78 Å². The third-order valence-corrected chi connectivity index (χ3v) is 1.97. The molecule has 0 radical (unpaired) electrons. The fourth-order valence-electron chi connectivity index (χ4n) is 1.20. The summed E-state index contributed by atoms with van der Waals surface area (Å²) in [6.45, 7) is 3.38. The van der Waals surface area contributed by atoms with E-state index in [0.717, 1.165) is 13.2 Å². The summed E-state index contributed by atoms with van der Waals surface area (Å²) in [4.78, 5) is 0. The monoisotopic (exact) mass is 204 g/mol. The van der Waals surface area contributed by atoms with E-state index in [9.17, 15) is 13.2 Å². The Morgan fingerprint density at radius 2 is 1.71 bits per heavy atom. The number of methoxy groups -OCH3 is 1. The number of ether oxygens (including phenoxy) is 1. The minimum Gasteiger partial charge on any atom is -0.491 e. The first-order valence-corrected chi connectivity index (χ1v) is 4.20. The maximum atomic E-state index is 13.4. The number of rotatable bonds is 2.